The van der Waals surface area contributed by atoms with Crippen molar-refractivity contribution < 1.29 is 9.47 Å². The second kappa shape index (κ2) is 11.4. The summed E-state index contributed by atoms with van der Waals surface area (Å²) in [6.45, 7) is 8.62. The zero-order valence-corrected chi connectivity index (χ0v) is 33.6. The summed E-state index contributed by atoms with van der Waals surface area (Å²) in [5, 5.41) is 0. The lowest BCUT2D eigenvalue weighted by molar-refractivity contribution is 0.0318. The van der Waals surface area contributed by atoms with E-state index in [9.17, 15) is 0 Å². The minimum Gasteiger partial charge on any atom is -0.483 e. The zero-order chi connectivity index (χ0) is 35.8. The molecule has 0 bridgehead atoms. The highest BCUT2D eigenvalue weighted by molar-refractivity contribution is 7.84. The number of rotatable bonds is 2. The molecule has 4 aromatic rings. The number of ether oxygens (including phenoxy) is 2. The summed E-state index contributed by atoms with van der Waals surface area (Å²) in [6.07, 6.45) is 13.7. The maximum atomic E-state index is 6.81. The topological polar surface area (TPSA) is 18.5 Å². The van der Waals surface area contributed by atoms with Crippen molar-refractivity contribution in [2.24, 2.45) is 11.8 Å². The Morgan fingerprint density at radius 2 is 0.885 bits per heavy atom. The Bertz CT molecular complexity index is 2350. The number of thiocarbonyl (C=S) groups is 4. The lowest BCUT2D eigenvalue weighted by Crippen LogP contribution is -2.31. The Hall–Kier alpha value is -3.76. The summed E-state index contributed by atoms with van der Waals surface area (Å²) < 4.78 is 13.6. The van der Waals surface area contributed by atoms with Gasteiger partial charge in [-0.25, -0.2) is 0 Å². The number of allylic oxidation sites excluding steroid dienone is 8. The van der Waals surface area contributed by atoms with E-state index >= 15 is 0 Å². The van der Waals surface area contributed by atoms with Crippen molar-refractivity contribution in [1.29, 1.82) is 0 Å². The summed E-state index contributed by atoms with van der Waals surface area (Å²) in [6, 6.07) is 20.8. The molecule has 0 saturated heterocycles. The van der Waals surface area contributed by atoms with Gasteiger partial charge in [-0.3, -0.25) is 0 Å². The fourth-order valence-corrected chi connectivity index (χ4v) is 12.2. The van der Waals surface area contributed by atoms with Crippen LogP contribution in [0, 0.1) is 11.8 Å². The van der Waals surface area contributed by atoms with E-state index in [1.807, 2.05) is 24.3 Å². The molecule has 0 saturated carbocycles. The van der Waals surface area contributed by atoms with Crippen molar-refractivity contribution in [3.8, 4) is 0 Å². The van der Waals surface area contributed by atoms with Crippen LogP contribution in [0.1, 0.15) is 80.6 Å². The molecule has 0 N–H and O–H groups in total. The maximum Gasteiger partial charge on any atom is 0.130 e. The standard InChI is InChI=1S/C44H30O2S6/c1-43(2)33-19-23(17-31-37(47)25-9-5-6-10-26(25)38(31)48)51-41(33)29-13-22-16-36-30(14-21(22)15-35(29)45-43)42-34(44(3,4)46-36)20-24(52-42)18-32-39(49)27-11-7-8-12-28(27)40(32)50/h5-22H,1-4H3. The highest BCUT2D eigenvalue weighted by Crippen LogP contribution is 2.55. The van der Waals surface area contributed by atoms with E-state index in [0.29, 0.717) is 0 Å². The van der Waals surface area contributed by atoms with Crippen LogP contribution in [0.25, 0.3) is 23.3 Å². The van der Waals surface area contributed by atoms with Gasteiger partial charge in [-0.1, -0.05) is 110 Å². The Balaban J connectivity index is 1.01. The molecule has 0 spiro atoms. The Morgan fingerprint density at radius 1 is 0.538 bits per heavy atom. The minimum atomic E-state index is -0.497. The smallest absolute Gasteiger partial charge is 0.130 e. The van der Waals surface area contributed by atoms with Gasteiger partial charge in [0.15, 0.2) is 0 Å². The monoisotopic (exact) mass is 782 g/mol. The largest absolute Gasteiger partial charge is 0.483 e. The van der Waals surface area contributed by atoms with E-state index in [1.165, 1.54) is 20.9 Å². The van der Waals surface area contributed by atoms with E-state index in [-0.39, 0.29) is 11.8 Å². The van der Waals surface area contributed by atoms with Gasteiger partial charge >= 0.3 is 0 Å². The van der Waals surface area contributed by atoms with E-state index in [2.05, 4.69) is 101 Å². The van der Waals surface area contributed by atoms with Gasteiger partial charge in [-0.15, -0.1) is 22.7 Å². The molecule has 4 heterocycles. The molecule has 2 aromatic heterocycles. The summed E-state index contributed by atoms with van der Waals surface area (Å²) in [5.41, 5.74) is 9.76. The predicted molar refractivity (Wildman–Crippen MR) is 232 cm³/mol. The van der Waals surface area contributed by atoms with Crippen LogP contribution < -0.4 is 0 Å². The summed E-state index contributed by atoms with van der Waals surface area (Å²) in [4.78, 5) is 8.01. The second-order valence-electron chi connectivity index (χ2n) is 14.9. The molecule has 0 fully saturated rings. The molecular formula is C44H30O2S6. The fourth-order valence-electron chi connectivity index (χ4n) is 8.18. The summed E-state index contributed by atoms with van der Waals surface area (Å²) in [5.74, 6) is 2.14. The Morgan fingerprint density at radius 3 is 1.23 bits per heavy atom. The van der Waals surface area contributed by atoms with Crippen LogP contribution in [-0.4, -0.2) is 19.5 Å². The van der Waals surface area contributed by atoms with Crippen molar-refractivity contribution in [2.45, 2.75) is 38.9 Å². The molecule has 2 unspecified atom stereocenters. The number of fused-ring (bicyclic) bond motifs is 9. The van der Waals surface area contributed by atoms with Crippen LogP contribution in [0.15, 0.2) is 108 Å². The van der Waals surface area contributed by atoms with Crippen LogP contribution in [-0.2, 0) is 20.7 Å². The van der Waals surface area contributed by atoms with Crippen LogP contribution in [0.5, 0.6) is 0 Å². The zero-order valence-electron chi connectivity index (χ0n) is 28.7. The van der Waals surface area contributed by atoms with Gasteiger partial charge in [0.25, 0.3) is 0 Å². The third-order valence-electron chi connectivity index (χ3n) is 10.8. The molecule has 2 nitrogen and oxygen atoms in total. The first kappa shape index (κ1) is 32.9. The van der Waals surface area contributed by atoms with Crippen molar-refractivity contribution in [1.82, 2.24) is 0 Å². The first-order valence-corrected chi connectivity index (χ1v) is 20.5. The first-order valence-electron chi connectivity index (χ1n) is 17.2. The molecule has 2 aromatic carbocycles. The second-order valence-corrected chi connectivity index (χ2v) is 18.7. The summed E-state index contributed by atoms with van der Waals surface area (Å²) in [7, 11) is 0. The molecule has 2 atom stereocenters. The average Bonchev–Trinajstić information content (AvgIpc) is 3.86. The van der Waals surface area contributed by atoms with Gasteiger partial charge in [0.05, 0.1) is 19.5 Å². The highest BCUT2D eigenvalue weighted by Gasteiger charge is 2.43. The normalized spacial score (nSPS) is 22.6. The molecule has 2 aliphatic heterocycles. The number of hydrogen-bond donors (Lipinski definition) is 0. The van der Waals surface area contributed by atoms with E-state index in [4.69, 9.17) is 58.3 Å². The number of benzene rings is 2. The lowest BCUT2D eigenvalue weighted by Gasteiger charge is -2.40. The van der Waals surface area contributed by atoms with Crippen LogP contribution in [0.2, 0.25) is 0 Å². The van der Waals surface area contributed by atoms with Crippen molar-refractivity contribution in [3.05, 3.63) is 161 Å². The summed E-state index contributed by atoms with van der Waals surface area (Å²) >= 11 is 27.1. The van der Waals surface area contributed by atoms with Crippen molar-refractivity contribution in [3.63, 3.8) is 0 Å². The van der Waals surface area contributed by atoms with Gasteiger partial charge in [0, 0.05) is 87.0 Å². The van der Waals surface area contributed by atoms with Crippen LogP contribution in [0.4, 0.5) is 0 Å². The maximum absolute atomic E-state index is 6.81. The quantitative estimate of drug-likeness (QED) is 0.148. The SMILES string of the molecule is CC1(C)OC2=CC3C=C4C(=CC3C=C2c2sc(C=C3C(=S)c5ccccc5C3=S)cc21)OC(C)(C)c1cc(C=C2C(=S)c3ccccc3C2=S)sc14. The van der Waals surface area contributed by atoms with Gasteiger partial charge in [0.2, 0.25) is 0 Å². The molecular weight excluding hydrogens is 753 g/mol. The highest BCUT2D eigenvalue weighted by atomic mass is 32.1. The van der Waals surface area contributed by atoms with E-state index in [0.717, 1.165) is 85.3 Å². The van der Waals surface area contributed by atoms with E-state index in [1.54, 1.807) is 22.7 Å². The van der Waals surface area contributed by atoms with Gasteiger partial charge in [0.1, 0.15) is 22.7 Å². The van der Waals surface area contributed by atoms with Gasteiger partial charge < -0.3 is 9.47 Å². The molecule has 0 amide bonds. The Kier molecular flexibility index (Phi) is 7.19. The molecule has 52 heavy (non-hydrogen) atoms. The minimum absolute atomic E-state index is 0.134. The fraction of sp³-hybridized carbons (Fsp3) is 0.182. The molecule has 254 valence electrons. The molecule has 8 heteroatoms. The third-order valence-corrected chi connectivity index (χ3v) is 14.8. The molecule has 10 rings (SSSR count). The van der Waals surface area contributed by atoms with E-state index < -0.39 is 11.2 Å². The number of thiophene rings is 2. The predicted octanol–water partition coefficient (Wildman–Crippen LogP) is 11.9. The van der Waals surface area contributed by atoms with Crippen LogP contribution in [0.3, 0.4) is 0 Å². The van der Waals surface area contributed by atoms with Crippen molar-refractivity contribution in [2.75, 3.05) is 0 Å². The average molecular weight is 783 g/mol. The van der Waals surface area contributed by atoms with Gasteiger partial charge in [-0.2, -0.15) is 0 Å². The Labute approximate surface area is 332 Å². The first-order chi connectivity index (χ1) is 24.9. The van der Waals surface area contributed by atoms with Crippen molar-refractivity contribution >= 4 is 114 Å². The third kappa shape index (κ3) is 4.81. The molecule has 4 aliphatic carbocycles. The molecule has 6 aliphatic rings. The molecule has 0 radical (unpaired) electrons. The lowest BCUT2D eigenvalue weighted by atomic mass is 9.76. The van der Waals surface area contributed by atoms with Crippen LogP contribution >= 0.6 is 71.5 Å². The van der Waals surface area contributed by atoms with Gasteiger partial charge in [-0.05, 0) is 64.1 Å². The number of hydrogen-bond acceptors (Lipinski definition) is 8.